The summed E-state index contributed by atoms with van der Waals surface area (Å²) in [6.07, 6.45) is 6.68. The molecular formula is C11H16ClNO2. The first-order valence-corrected chi connectivity index (χ1v) is 5.77. The number of halogens is 1. The maximum Gasteiger partial charge on any atom is 0.272 e. The minimum atomic E-state index is -0.350. The molecule has 0 aromatic rings. The van der Waals surface area contributed by atoms with Crippen molar-refractivity contribution in [2.24, 2.45) is 0 Å². The summed E-state index contributed by atoms with van der Waals surface area (Å²) in [6, 6.07) is 0. The predicted molar refractivity (Wildman–Crippen MR) is 59.4 cm³/mol. The highest BCUT2D eigenvalue weighted by Gasteiger charge is 2.28. The molecule has 0 fully saturated rings. The van der Waals surface area contributed by atoms with E-state index in [2.05, 4.69) is 6.92 Å². The van der Waals surface area contributed by atoms with Crippen LogP contribution < -0.4 is 0 Å². The quantitative estimate of drug-likeness (QED) is 0.518. The highest BCUT2D eigenvalue weighted by molar-refractivity contribution is 6.46. The Labute approximate surface area is 95.1 Å². The van der Waals surface area contributed by atoms with Gasteiger partial charge in [-0.2, -0.15) is 0 Å². The Hall–Kier alpha value is -0.830. The number of rotatable bonds is 6. The molecule has 0 N–H and O–H groups in total. The molecule has 0 saturated carbocycles. The normalized spacial score (nSPS) is 16.1. The molecule has 0 aromatic carbocycles. The molecule has 4 heteroatoms. The first kappa shape index (κ1) is 12.2. The summed E-state index contributed by atoms with van der Waals surface area (Å²) in [5.41, 5.74) is 0. The zero-order chi connectivity index (χ0) is 11.3. The van der Waals surface area contributed by atoms with Crippen molar-refractivity contribution in [2.45, 2.75) is 39.0 Å². The molecule has 0 unspecified atom stereocenters. The lowest BCUT2D eigenvalue weighted by Crippen LogP contribution is -2.31. The van der Waals surface area contributed by atoms with E-state index in [0.29, 0.717) is 6.54 Å². The molecule has 2 amide bonds. The van der Waals surface area contributed by atoms with E-state index in [1.165, 1.54) is 23.8 Å². The number of amides is 2. The summed E-state index contributed by atoms with van der Waals surface area (Å²) in [5, 5.41) is 0.0357. The van der Waals surface area contributed by atoms with E-state index in [1.807, 2.05) is 0 Å². The van der Waals surface area contributed by atoms with Crippen LogP contribution in [-0.4, -0.2) is 23.3 Å². The van der Waals surface area contributed by atoms with Crippen LogP contribution in [0.3, 0.4) is 0 Å². The number of nitrogens with zero attached hydrogens (tertiary/aromatic N) is 1. The Kier molecular flexibility index (Phi) is 4.82. The van der Waals surface area contributed by atoms with E-state index < -0.39 is 0 Å². The van der Waals surface area contributed by atoms with Crippen LogP contribution >= 0.6 is 11.6 Å². The van der Waals surface area contributed by atoms with Crippen LogP contribution in [-0.2, 0) is 9.59 Å². The number of carbonyl (C=O) groups excluding carboxylic acids is 2. The van der Waals surface area contributed by atoms with Crippen LogP contribution in [0.25, 0.3) is 0 Å². The third-order valence-corrected chi connectivity index (χ3v) is 2.72. The zero-order valence-electron chi connectivity index (χ0n) is 8.96. The smallest absolute Gasteiger partial charge is 0.272 e. The summed E-state index contributed by atoms with van der Waals surface area (Å²) in [7, 11) is 0. The van der Waals surface area contributed by atoms with Crippen LogP contribution in [0.1, 0.15) is 39.0 Å². The van der Waals surface area contributed by atoms with Gasteiger partial charge in [0, 0.05) is 12.6 Å². The lowest BCUT2D eigenvalue weighted by Gasteiger charge is -2.13. The van der Waals surface area contributed by atoms with E-state index in [9.17, 15) is 9.59 Å². The highest BCUT2D eigenvalue weighted by Crippen LogP contribution is 2.16. The maximum absolute atomic E-state index is 11.3. The van der Waals surface area contributed by atoms with Gasteiger partial charge < -0.3 is 0 Å². The number of imide groups is 1. The predicted octanol–water partition coefficient (Wildman–Crippen LogP) is 2.45. The van der Waals surface area contributed by atoms with Crippen LogP contribution in [0.15, 0.2) is 11.1 Å². The number of carbonyl (C=O) groups is 2. The SMILES string of the molecule is CCCCCCCN1C(=O)C=C(Cl)C1=O. The standard InChI is InChI=1S/C11H16ClNO2/c1-2-3-4-5-6-7-13-10(14)8-9(12)11(13)15/h8H,2-7H2,1H3. The Balaban J connectivity index is 2.23. The Morgan fingerprint density at radius 1 is 1.20 bits per heavy atom. The highest BCUT2D eigenvalue weighted by atomic mass is 35.5. The van der Waals surface area contributed by atoms with Crippen molar-refractivity contribution in [1.82, 2.24) is 4.90 Å². The average molecular weight is 230 g/mol. The van der Waals surface area contributed by atoms with Gasteiger partial charge in [0.05, 0.1) is 0 Å². The number of unbranched alkanes of at least 4 members (excludes halogenated alkanes) is 4. The van der Waals surface area contributed by atoms with Gasteiger partial charge in [-0.25, -0.2) is 0 Å². The monoisotopic (exact) mass is 229 g/mol. The van der Waals surface area contributed by atoms with E-state index in [4.69, 9.17) is 11.6 Å². The second kappa shape index (κ2) is 5.91. The molecule has 0 radical (unpaired) electrons. The topological polar surface area (TPSA) is 37.4 Å². The molecule has 3 nitrogen and oxygen atoms in total. The van der Waals surface area contributed by atoms with Crippen molar-refractivity contribution < 1.29 is 9.59 Å². The largest absolute Gasteiger partial charge is 0.274 e. The van der Waals surface area contributed by atoms with Crippen LogP contribution in [0, 0.1) is 0 Å². The first-order chi connectivity index (χ1) is 7.16. The molecule has 1 rings (SSSR count). The van der Waals surface area contributed by atoms with Gasteiger partial charge in [-0.15, -0.1) is 0 Å². The third-order valence-electron chi connectivity index (χ3n) is 2.45. The van der Waals surface area contributed by atoms with Crippen molar-refractivity contribution in [2.75, 3.05) is 6.54 Å². The summed E-state index contributed by atoms with van der Waals surface area (Å²) >= 11 is 5.56. The minimum Gasteiger partial charge on any atom is -0.274 e. The van der Waals surface area contributed by atoms with Crippen molar-refractivity contribution in [3.8, 4) is 0 Å². The van der Waals surface area contributed by atoms with Crippen molar-refractivity contribution >= 4 is 23.4 Å². The molecule has 0 aliphatic carbocycles. The molecule has 15 heavy (non-hydrogen) atoms. The fraction of sp³-hybridized carbons (Fsp3) is 0.636. The van der Waals surface area contributed by atoms with Crippen LogP contribution in [0.4, 0.5) is 0 Å². The second-order valence-electron chi connectivity index (χ2n) is 3.70. The second-order valence-corrected chi connectivity index (χ2v) is 4.11. The van der Waals surface area contributed by atoms with Crippen LogP contribution in [0.5, 0.6) is 0 Å². The van der Waals surface area contributed by atoms with Crippen LogP contribution in [0.2, 0.25) is 0 Å². The van der Waals surface area contributed by atoms with Gasteiger partial charge in [0.2, 0.25) is 0 Å². The van der Waals surface area contributed by atoms with E-state index in [-0.39, 0.29) is 16.8 Å². The summed E-state index contributed by atoms with van der Waals surface area (Å²) in [6.45, 7) is 2.64. The van der Waals surface area contributed by atoms with E-state index in [1.54, 1.807) is 0 Å². The first-order valence-electron chi connectivity index (χ1n) is 5.40. The maximum atomic E-state index is 11.3. The Bertz CT molecular complexity index is 286. The molecule has 1 aliphatic rings. The fourth-order valence-electron chi connectivity index (χ4n) is 1.56. The fourth-order valence-corrected chi connectivity index (χ4v) is 1.76. The molecule has 1 aliphatic heterocycles. The van der Waals surface area contributed by atoms with Gasteiger partial charge >= 0.3 is 0 Å². The van der Waals surface area contributed by atoms with Gasteiger partial charge in [-0.1, -0.05) is 44.2 Å². The van der Waals surface area contributed by atoms with Crippen molar-refractivity contribution in [1.29, 1.82) is 0 Å². The molecule has 1 heterocycles. The van der Waals surface area contributed by atoms with Crippen molar-refractivity contribution in [3.05, 3.63) is 11.1 Å². The lowest BCUT2D eigenvalue weighted by molar-refractivity contribution is -0.137. The summed E-state index contributed by atoms with van der Waals surface area (Å²) in [5.74, 6) is -0.627. The molecule has 0 saturated heterocycles. The summed E-state index contributed by atoms with van der Waals surface area (Å²) < 4.78 is 0. The molecular weight excluding hydrogens is 214 g/mol. The van der Waals surface area contributed by atoms with Gasteiger partial charge in [0.1, 0.15) is 5.03 Å². The Morgan fingerprint density at radius 3 is 2.40 bits per heavy atom. The van der Waals surface area contributed by atoms with Gasteiger partial charge in [-0.05, 0) is 6.42 Å². The molecule has 0 atom stereocenters. The van der Waals surface area contributed by atoms with E-state index >= 15 is 0 Å². The molecule has 84 valence electrons. The lowest BCUT2D eigenvalue weighted by atomic mass is 10.1. The number of hydrogen-bond donors (Lipinski definition) is 0. The molecule has 0 spiro atoms. The Morgan fingerprint density at radius 2 is 1.87 bits per heavy atom. The molecule has 0 bridgehead atoms. The zero-order valence-corrected chi connectivity index (χ0v) is 9.72. The molecule has 0 aromatic heterocycles. The van der Waals surface area contributed by atoms with E-state index in [0.717, 1.165) is 19.3 Å². The summed E-state index contributed by atoms with van der Waals surface area (Å²) in [4.78, 5) is 23.8. The van der Waals surface area contributed by atoms with Crippen molar-refractivity contribution in [3.63, 3.8) is 0 Å². The van der Waals surface area contributed by atoms with Gasteiger partial charge in [0.25, 0.3) is 11.8 Å². The minimum absolute atomic E-state index is 0.0357. The van der Waals surface area contributed by atoms with Gasteiger partial charge in [-0.3, -0.25) is 14.5 Å². The number of hydrogen-bond acceptors (Lipinski definition) is 2. The third kappa shape index (κ3) is 3.34. The van der Waals surface area contributed by atoms with Gasteiger partial charge in [0.15, 0.2) is 0 Å². The average Bonchev–Trinajstić information content (AvgIpc) is 2.44.